The molecular weight excluding hydrogens is 135 g/mol. The maximum atomic E-state index is 11.1. The van der Waals surface area contributed by atoms with E-state index in [9.17, 15) is 18.0 Å². The van der Waals surface area contributed by atoms with E-state index in [1.165, 1.54) is 0 Å². The fourth-order valence-electron chi connectivity index (χ4n) is 0.177. The molecule has 0 aliphatic rings. The molecule has 0 aromatic carbocycles. The highest BCUT2D eigenvalue weighted by Gasteiger charge is 2.21. The second-order valence-corrected chi connectivity index (χ2v) is 1.28. The number of primary amides is 1. The van der Waals surface area contributed by atoms with Gasteiger partial charge in [-0.15, -0.1) is 0 Å². The molecule has 2 N–H and O–H groups in total. The van der Waals surface area contributed by atoms with Crippen molar-refractivity contribution in [2.75, 3.05) is 0 Å². The molecule has 52 valence electrons. The zero-order valence-electron chi connectivity index (χ0n) is 4.27. The molecule has 0 heterocycles. The number of carbonyl (C=O) groups excluding carboxylic acids is 1. The van der Waals surface area contributed by atoms with Crippen LogP contribution in [0.5, 0.6) is 0 Å². The molecule has 0 unspecified atom stereocenters. The van der Waals surface area contributed by atoms with Gasteiger partial charge in [0, 0.05) is 12.2 Å². The third-order valence-corrected chi connectivity index (χ3v) is 0.437. The van der Waals surface area contributed by atoms with E-state index in [2.05, 4.69) is 5.73 Å². The van der Waals surface area contributed by atoms with Gasteiger partial charge in [-0.2, -0.15) is 13.2 Å². The fourth-order valence-corrected chi connectivity index (χ4v) is 0.177. The molecular formula is C4H4F3NO. The van der Waals surface area contributed by atoms with Crippen molar-refractivity contribution in [2.24, 2.45) is 5.73 Å². The van der Waals surface area contributed by atoms with E-state index in [1.54, 1.807) is 0 Å². The first kappa shape index (κ1) is 8.00. The van der Waals surface area contributed by atoms with Gasteiger partial charge in [-0.25, -0.2) is 0 Å². The van der Waals surface area contributed by atoms with E-state index in [0.29, 0.717) is 0 Å². The van der Waals surface area contributed by atoms with E-state index >= 15 is 0 Å². The van der Waals surface area contributed by atoms with Gasteiger partial charge in [0.15, 0.2) is 0 Å². The molecule has 0 aromatic heterocycles. The minimum Gasteiger partial charge on any atom is -0.366 e. The van der Waals surface area contributed by atoms with E-state index < -0.39 is 12.1 Å². The highest BCUT2D eigenvalue weighted by molar-refractivity contribution is 5.85. The fraction of sp³-hybridized carbons (Fsp3) is 0.250. The lowest BCUT2D eigenvalue weighted by molar-refractivity contribution is -0.114. The van der Waals surface area contributed by atoms with Crippen molar-refractivity contribution in [3.8, 4) is 0 Å². The summed E-state index contributed by atoms with van der Waals surface area (Å²) in [6.45, 7) is 0. The van der Waals surface area contributed by atoms with Gasteiger partial charge in [0.1, 0.15) is 0 Å². The van der Waals surface area contributed by atoms with Crippen LogP contribution in [-0.4, -0.2) is 12.1 Å². The van der Waals surface area contributed by atoms with Crippen LogP contribution in [0.2, 0.25) is 0 Å². The van der Waals surface area contributed by atoms with Crippen molar-refractivity contribution in [2.45, 2.75) is 6.18 Å². The number of rotatable bonds is 1. The van der Waals surface area contributed by atoms with Gasteiger partial charge in [-0.05, 0) is 0 Å². The summed E-state index contributed by atoms with van der Waals surface area (Å²) in [5, 5.41) is 0. The van der Waals surface area contributed by atoms with Crippen molar-refractivity contribution in [3.63, 3.8) is 0 Å². The van der Waals surface area contributed by atoms with Crippen LogP contribution in [0.1, 0.15) is 0 Å². The first-order chi connectivity index (χ1) is 3.92. The van der Waals surface area contributed by atoms with Gasteiger partial charge >= 0.3 is 6.18 Å². The first-order valence-electron chi connectivity index (χ1n) is 1.97. The van der Waals surface area contributed by atoms with Crippen molar-refractivity contribution < 1.29 is 18.0 Å². The predicted octanol–water partition coefficient (Wildman–Crippen LogP) is 0.590. The lowest BCUT2D eigenvalue weighted by Gasteiger charge is -1.94. The molecule has 1 amide bonds. The summed E-state index contributed by atoms with van der Waals surface area (Å²) >= 11 is 0. The molecule has 5 heteroatoms. The van der Waals surface area contributed by atoms with Crippen LogP contribution in [-0.2, 0) is 4.79 Å². The van der Waals surface area contributed by atoms with E-state index in [4.69, 9.17) is 0 Å². The normalized spacial score (nSPS) is 12.3. The molecule has 0 saturated heterocycles. The van der Waals surface area contributed by atoms with Gasteiger partial charge in [-0.1, -0.05) is 0 Å². The number of halogens is 3. The highest BCUT2D eigenvalue weighted by Crippen LogP contribution is 2.15. The standard InChI is InChI=1S/C4H4F3NO/c5-4(6,7)2-1-3(8)9/h1-2H,(H2,8,9). The van der Waals surface area contributed by atoms with E-state index in [-0.39, 0.29) is 12.2 Å². The molecule has 0 atom stereocenters. The summed E-state index contributed by atoms with van der Waals surface area (Å²) < 4.78 is 33.4. The summed E-state index contributed by atoms with van der Waals surface area (Å²) in [6.07, 6.45) is -4.40. The van der Waals surface area contributed by atoms with Gasteiger partial charge in [0.25, 0.3) is 0 Å². The van der Waals surface area contributed by atoms with Crippen LogP contribution in [0, 0.1) is 0 Å². The number of hydrogen-bond acceptors (Lipinski definition) is 1. The van der Waals surface area contributed by atoms with Crippen LogP contribution >= 0.6 is 0 Å². The lowest BCUT2D eigenvalue weighted by Crippen LogP contribution is -2.09. The van der Waals surface area contributed by atoms with Crippen molar-refractivity contribution in [1.82, 2.24) is 0 Å². The second kappa shape index (κ2) is 2.52. The van der Waals surface area contributed by atoms with Crippen LogP contribution in [0.15, 0.2) is 12.2 Å². The molecule has 0 saturated carbocycles. The van der Waals surface area contributed by atoms with Gasteiger partial charge in [0.2, 0.25) is 5.91 Å². The zero-order chi connectivity index (χ0) is 7.49. The number of allylic oxidation sites excluding steroid dienone is 1. The van der Waals surface area contributed by atoms with Gasteiger partial charge in [-0.3, -0.25) is 4.79 Å². The van der Waals surface area contributed by atoms with Crippen LogP contribution < -0.4 is 5.73 Å². The largest absolute Gasteiger partial charge is 0.409 e. The number of amides is 1. The summed E-state index contributed by atoms with van der Waals surface area (Å²) in [4.78, 5) is 9.68. The van der Waals surface area contributed by atoms with Gasteiger partial charge in [0.05, 0.1) is 0 Å². The summed E-state index contributed by atoms with van der Waals surface area (Å²) in [6, 6.07) is 0. The maximum Gasteiger partial charge on any atom is 0.409 e. The van der Waals surface area contributed by atoms with Crippen molar-refractivity contribution >= 4 is 5.91 Å². The SMILES string of the molecule is NC(=O)C=CC(F)(F)F. The molecule has 0 aliphatic carbocycles. The Labute approximate surface area is 49.1 Å². The molecule has 0 rings (SSSR count). The molecule has 0 spiro atoms. The Bertz CT molecular complexity index is 137. The Kier molecular flexibility index (Phi) is 2.24. The zero-order valence-corrected chi connectivity index (χ0v) is 4.27. The van der Waals surface area contributed by atoms with Crippen molar-refractivity contribution in [3.05, 3.63) is 12.2 Å². The van der Waals surface area contributed by atoms with Crippen LogP contribution in [0.4, 0.5) is 13.2 Å². The average molecular weight is 139 g/mol. The molecule has 0 aromatic rings. The number of nitrogens with two attached hydrogens (primary N) is 1. The number of alkyl halides is 3. The van der Waals surface area contributed by atoms with Crippen LogP contribution in [0.25, 0.3) is 0 Å². The Morgan fingerprint density at radius 3 is 2.00 bits per heavy atom. The Morgan fingerprint density at radius 2 is 1.89 bits per heavy atom. The molecule has 0 aliphatic heterocycles. The summed E-state index contributed by atoms with van der Waals surface area (Å²) in [5.74, 6) is -1.10. The lowest BCUT2D eigenvalue weighted by atomic mass is 10.5. The Hall–Kier alpha value is -1.00. The van der Waals surface area contributed by atoms with Gasteiger partial charge < -0.3 is 5.73 Å². The third-order valence-electron chi connectivity index (χ3n) is 0.437. The van der Waals surface area contributed by atoms with E-state index in [1.807, 2.05) is 0 Å². The monoisotopic (exact) mass is 139 g/mol. The topological polar surface area (TPSA) is 43.1 Å². The highest BCUT2D eigenvalue weighted by atomic mass is 19.4. The molecule has 0 fully saturated rings. The Morgan fingerprint density at radius 1 is 1.44 bits per heavy atom. The Balaban J connectivity index is 3.86. The quantitative estimate of drug-likeness (QED) is 0.531. The van der Waals surface area contributed by atoms with Crippen molar-refractivity contribution in [1.29, 1.82) is 0 Å². The summed E-state index contributed by atoms with van der Waals surface area (Å²) in [7, 11) is 0. The second-order valence-electron chi connectivity index (χ2n) is 1.28. The summed E-state index contributed by atoms with van der Waals surface area (Å²) in [5.41, 5.74) is 4.37. The first-order valence-corrected chi connectivity index (χ1v) is 1.97. The smallest absolute Gasteiger partial charge is 0.366 e. The number of hydrogen-bond donors (Lipinski definition) is 1. The average Bonchev–Trinajstić information content (AvgIpc) is 1.59. The van der Waals surface area contributed by atoms with E-state index in [0.717, 1.165) is 0 Å². The molecule has 9 heavy (non-hydrogen) atoms. The van der Waals surface area contributed by atoms with Crippen LogP contribution in [0.3, 0.4) is 0 Å². The predicted molar refractivity (Wildman–Crippen MR) is 24.4 cm³/mol. The minimum absolute atomic E-state index is 0.213. The maximum absolute atomic E-state index is 11.1. The molecule has 0 bridgehead atoms. The minimum atomic E-state index is -4.45. The molecule has 0 radical (unpaired) electrons. The number of carbonyl (C=O) groups is 1. The molecule has 2 nitrogen and oxygen atoms in total. The third kappa shape index (κ3) is 7.00.